The minimum Gasteiger partial charge on any atom is -0.488 e. The van der Waals surface area contributed by atoms with Crippen molar-refractivity contribution in [3.05, 3.63) is 65.5 Å². The minimum atomic E-state index is -4.95. The molecule has 39 heavy (non-hydrogen) atoms. The van der Waals surface area contributed by atoms with Crippen LogP contribution in [0.15, 0.2) is 48.5 Å². The predicted octanol–water partition coefficient (Wildman–Crippen LogP) is 4.78. The van der Waals surface area contributed by atoms with Crippen LogP contribution in [-0.4, -0.2) is 69.6 Å². The van der Waals surface area contributed by atoms with E-state index in [0.29, 0.717) is 38.3 Å². The summed E-state index contributed by atoms with van der Waals surface area (Å²) in [5.74, 6) is -1.06. The van der Waals surface area contributed by atoms with Gasteiger partial charge in [0.25, 0.3) is 11.5 Å². The lowest BCUT2D eigenvalue weighted by atomic mass is 9.62. The number of rotatable bonds is 6. The molecule has 0 saturated carbocycles. The topological polar surface area (TPSA) is 60.0 Å². The zero-order valence-corrected chi connectivity index (χ0v) is 21.9. The number of piperidine rings is 2. The molecule has 3 aliphatic rings. The number of alkyl halides is 3. The van der Waals surface area contributed by atoms with Crippen LogP contribution in [0.1, 0.15) is 42.7 Å². The molecule has 0 aromatic heterocycles. The number of hydrogen-bond donors (Lipinski definition) is 1. The molecule has 2 aromatic rings. The number of carbonyl (C=O) groups is 1. The van der Waals surface area contributed by atoms with E-state index in [-0.39, 0.29) is 36.1 Å². The van der Waals surface area contributed by atoms with E-state index in [2.05, 4.69) is 5.32 Å². The highest BCUT2D eigenvalue weighted by Gasteiger charge is 2.64. The third-order valence-corrected chi connectivity index (χ3v) is 8.65. The molecule has 0 unspecified atom stereocenters. The highest BCUT2D eigenvalue weighted by Crippen LogP contribution is 2.52. The second kappa shape index (κ2) is 11.1. The Morgan fingerprint density at radius 2 is 1.85 bits per heavy atom. The van der Waals surface area contributed by atoms with Crippen LogP contribution in [0.5, 0.6) is 5.75 Å². The highest BCUT2D eigenvalue weighted by molar-refractivity contribution is 5.88. The number of nitrogens with one attached hydrogen (secondary N) is 1. The van der Waals surface area contributed by atoms with E-state index in [1.54, 1.807) is 12.1 Å². The Hall–Kier alpha value is -2.69. The number of carbonyl (C=O) groups excluding carboxylic acids is 1. The number of halogens is 4. The fraction of sp³-hybridized carbons (Fsp3) is 0.552. The van der Waals surface area contributed by atoms with Crippen molar-refractivity contribution in [2.24, 2.45) is 5.41 Å². The molecule has 1 spiro atoms. The molecule has 6 nitrogen and oxygen atoms in total. The first-order chi connectivity index (χ1) is 18.7. The predicted molar refractivity (Wildman–Crippen MR) is 136 cm³/mol. The average Bonchev–Trinajstić information content (AvgIpc) is 3.43. The van der Waals surface area contributed by atoms with Gasteiger partial charge in [-0.15, -0.1) is 0 Å². The summed E-state index contributed by atoms with van der Waals surface area (Å²) < 4.78 is 74.4. The van der Waals surface area contributed by atoms with Gasteiger partial charge in [-0.1, -0.05) is 36.4 Å². The largest absolute Gasteiger partial charge is 0.488 e. The first kappa shape index (κ1) is 27.9. The number of likely N-dealkylation sites (tertiary alicyclic amines) is 1. The van der Waals surface area contributed by atoms with E-state index in [0.717, 1.165) is 32.1 Å². The van der Waals surface area contributed by atoms with Crippen LogP contribution in [0, 0.1) is 11.2 Å². The van der Waals surface area contributed by atoms with Crippen molar-refractivity contribution in [2.75, 3.05) is 46.5 Å². The van der Waals surface area contributed by atoms with Crippen LogP contribution >= 0.6 is 0 Å². The number of ether oxygens (including phenoxy) is 3. The molecule has 2 aromatic carbocycles. The van der Waals surface area contributed by atoms with Gasteiger partial charge in [-0.25, -0.2) is 4.39 Å². The fourth-order valence-electron chi connectivity index (χ4n) is 6.48. The van der Waals surface area contributed by atoms with Gasteiger partial charge < -0.3 is 24.4 Å². The number of amides is 1. The Labute approximate surface area is 225 Å². The van der Waals surface area contributed by atoms with Crippen molar-refractivity contribution in [3.63, 3.8) is 0 Å². The SMILES string of the molecule is CO[C@@](C(=O)N1CCC2(CCNC[C@H]2c2ccc(F)cc2O[C@H]2CCOC2)CC1)(c1ccccc1)C(F)(F)F. The van der Waals surface area contributed by atoms with Gasteiger partial charge in [0.05, 0.1) is 13.2 Å². The summed E-state index contributed by atoms with van der Waals surface area (Å²) in [5, 5.41) is 3.43. The van der Waals surface area contributed by atoms with Crippen LogP contribution in [0.2, 0.25) is 0 Å². The second-order valence-corrected chi connectivity index (χ2v) is 10.7. The van der Waals surface area contributed by atoms with E-state index in [4.69, 9.17) is 14.2 Å². The Bertz CT molecular complexity index is 1150. The van der Waals surface area contributed by atoms with E-state index in [1.807, 2.05) is 0 Å². The van der Waals surface area contributed by atoms with Crippen LogP contribution in [-0.2, 0) is 19.9 Å². The van der Waals surface area contributed by atoms with E-state index < -0.39 is 23.5 Å². The summed E-state index contributed by atoms with van der Waals surface area (Å²) in [7, 11) is 0.929. The summed E-state index contributed by atoms with van der Waals surface area (Å²) in [6, 6.07) is 11.7. The first-order valence-corrected chi connectivity index (χ1v) is 13.4. The van der Waals surface area contributed by atoms with Crippen LogP contribution < -0.4 is 10.1 Å². The Balaban J connectivity index is 1.40. The molecule has 212 valence electrons. The molecular weight excluding hydrogens is 516 g/mol. The lowest BCUT2D eigenvalue weighted by Crippen LogP contribution is -2.59. The smallest absolute Gasteiger partial charge is 0.430 e. The molecule has 3 aliphatic heterocycles. The van der Waals surface area contributed by atoms with Crippen molar-refractivity contribution >= 4 is 5.91 Å². The van der Waals surface area contributed by atoms with Crippen molar-refractivity contribution in [1.82, 2.24) is 10.2 Å². The Morgan fingerprint density at radius 1 is 1.10 bits per heavy atom. The normalized spacial score (nSPS) is 24.9. The summed E-state index contributed by atoms with van der Waals surface area (Å²) in [6.07, 6.45) is -2.56. The maximum atomic E-state index is 14.5. The van der Waals surface area contributed by atoms with Crippen molar-refractivity contribution in [1.29, 1.82) is 0 Å². The molecule has 0 bridgehead atoms. The Kier molecular flexibility index (Phi) is 7.90. The number of benzene rings is 2. The van der Waals surface area contributed by atoms with E-state index >= 15 is 0 Å². The molecule has 10 heteroatoms. The van der Waals surface area contributed by atoms with Gasteiger partial charge in [0.2, 0.25) is 0 Å². The van der Waals surface area contributed by atoms with E-state index in [9.17, 15) is 22.4 Å². The lowest BCUT2D eigenvalue weighted by Gasteiger charge is -2.51. The molecule has 5 rings (SSSR count). The fourth-order valence-corrected chi connectivity index (χ4v) is 6.48. The number of nitrogens with zero attached hydrogens (tertiary/aromatic N) is 1. The lowest BCUT2D eigenvalue weighted by molar-refractivity contribution is -0.271. The quantitative estimate of drug-likeness (QED) is 0.525. The van der Waals surface area contributed by atoms with Crippen molar-refractivity contribution in [3.8, 4) is 5.75 Å². The van der Waals surface area contributed by atoms with Crippen molar-refractivity contribution in [2.45, 2.75) is 49.5 Å². The molecule has 3 fully saturated rings. The molecule has 1 amide bonds. The summed E-state index contributed by atoms with van der Waals surface area (Å²) in [5.41, 5.74) is -2.71. The molecule has 0 radical (unpaired) electrons. The Morgan fingerprint density at radius 3 is 2.49 bits per heavy atom. The van der Waals surface area contributed by atoms with Gasteiger partial charge in [0.1, 0.15) is 17.7 Å². The van der Waals surface area contributed by atoms with Crippen LogP contribution in [0.25, 0.3) is 0 Å². The van der Waals surface area contributed by atoms with Crippen LogP contribution in [0.4, 0.5) is 17.6 Å². The van der Waals surface area contributed by atoms with E-state index in [1.165, 1.54) is 41.3 Å². The van der Waals surface area contributed by atoms with Gasteiger partial charge in [-0.3, -0.25) is 4.79 Å². The molecule has 3 atom stereocenters. The van der Waals surface area contributed by atoms with Gasteiger partial charge in [0, 0.05) is 50.7 Å². The zero-order valence-electron chi connectivity index (χ0n) is 21.9. The second-order valence-electron chi connectivity index (χ2n) is 10.7. The third-order valence-electron chi connectivity index (χ3n) is 8.65. The highest BCUT2D eigenvalue weighted by atomic mass is 19.4. The molecular formula is C29H34F4N2O4. The number of hydrogen-bond acceptors (Lipinski definition) is 5. The minimum absolute atomic E-state index is 0.0506. The van der Waals surface area contributed by atoms with Gasteiger partial charge in [-0.2, -0.15) is 13.2 Å². The monoisotopic (exact) mass is 550 g/mol. The average molecular weight is 551 g/mol. The first-order valence-electron chi connectivity index (χ1n) is 13.4. The van der Waals surface area contributed by atoms with Gasteiger partial charge in [0.15, 0.2) is 0 Å². The zero-order chi connectivity index (χ0) is 27.7. The maximum absolute atomic E-state index is 14.5. The number of methoxy groups -OCH3 is 1. The molecule has 3 saturated heterocycles. The standard InChI is InChI=1S/C29H34F4N2O4/c1-37-28(29(31,32)33,20-5-3-2-4-6-20)26(36)35-14-11-27(12-15-35)10-13-34-18-24(27)23-8-7-21(30)17-25(23)39-22-9-16-38-19-22/h2-8,17,22,24,34H,9-16,18-19H2,1H3/t22-,24-,28+/m0/s1. The molecule has 1 N–H and O–H groups in total. The van der Waals surface area contributed by atoms with Crippen molar-refractivity contribution < 1.29 is 36.6 Å². The summed E-state index contributed by atoms with van der Waals surface area (Å²) in [6.45, 7) is 2.76. The third kappa shape index (κ3) is 5.14. The van der Waals surface area contributed by atoms with Gasteiger partial charge in [-0.05, 0) is 42.9 Å². The summed E-state index contributed by atoms with van der Waals surface area (Å²) in [4.78, 5) is 14.9. The van der Waals surface area contributed by atoms with Gasteiger partial charge >= 0.3 is 6.18 Å². The molecule has 0 aliphatic carbocycles. The van der Waals surface area contributed by atoms with Crippen LogP contribution in [0.3, 0.4) is 0 Å². The maximum Gasteiger partial charge on any atom is 0.430 e. The summed E-state index contributed by atoms with van der Waals surface area (Å²) >= 11 is 0. The molecule has 3 heterocycles.